The Kier molecular flexibility index (Phi) is 11.2. The minimum Gasteiger partial charge on any atom is -0.480 e. The number of carboxylic acid groups (broad SMARTS) is 1. The zero-order chi connectivity index (χ0) is 24.1. The average molecular weight is 450 g/mol. The zero-order valence-corrected chi connectivity index (χ0v) is 17.7. The lowest BCUT2D eigenvalue weighted by molar-refractivity contribution is -0.142. The fourth-order valence-electron chi connectivity index (χ4n) is 2.83. The number of carbonyl (C=O) groups is 4. The number of nitrogens with two attached hydrogens (primary N) is 4. The van der Waals surface area contributed by atoms with Gasteiger partial charge in [0.1, 0.15) is 12.1 Å². The first-order valence-electron chi connectivity index (χ1n) is 10.1. The van der Waals surface area contributed by atoms with Crippen molar-refractivity contribution in [3.8, 4) is 0 Å². The van der Waals surface area contributed by atoms with Crippen LogP contribution in [0.4, 0.5) is 0 Å². The summed E-state index contributed by atoms with van der Waals surface area (Å²) in [5.41, 5.74) is 22.4. The van der Waals surface area contributed by atoms with Gasteiger partial charge in [0.2, 0.25) is 17.7 Å². The Hall–Kier alpha value is -3.67. The maximum absolute atomic E-state index is 12.7. The zero-order valence-electron chi connectivity index (χ0n) is 17.7. The fraction of sp³-hybridized carbons (Fsp3) is 0.450. The van der Waals surface area contributed by atoms with E-state index in [4.69, 9.17) is 22.9 Å². The van der Waals surface area contributed by atoms with E-state index in [0.29, 0.717) is 6.42 Å². The second-order valence-corrected chi connectivity index (χ2v) is 7.21. The summed E-state index contributed by atoms with van der Waals surface area (Å²) in [7, 11) is 0. The monoisotopic (exact) mass is 449 g/mol. The molecule has 0 aliphatic carbocycles. The number of guanidine groups is 1. The van der Waals surface area contributed by atoms with Crippen LogP contribution >= 0.6 is 0 Å². The van der Waals surface area contributed by atoms with Crippen molar-refractivity contribution >= 4 is 29.7 Å². The minimum absolute atomic E-state index is 0.114. The number of primary amides is 1. The Labute approximate surface area is 185 Å². The Morgan fingerprint density at radius 2 is 1.56 bits per heavy atom. The third-order valence-electron chi connectivity index (χ3n) is 4.51. The molecule has 3 amide bonds. The lowest BCUT2D eigenvalue weighted by atomic mass is 10.0. The summed E-state index contributed by atoms with van der Waals surface area (Å²) in [6, 6.07) is 5.78. The Morgan fingerprint density at radius 1 is 0.938 bits per heavy atom. The number of aliphatic carboxylic acids is 1. The highest BCUT2D eigenvalue weighted by Gasteiger charge is 2.28. The summed E-state index contributed by atoms with van der Waals surface area (Å²) in [4.78, 5) is 51.5. The number of benzene rings is 1. The van der Waals surface area contributed by atoms with Crippen molar-refractivity contribution in [2.45, 2.75) is 50.2 Å². The number of aliphatic imine (C=N–C) groups is 1. The summed E-state index contributed by atoms with van der Waals surface area (Å²) in [5, 5.41) is 14.2. The van der Waals surface area contributed by atoms with E-state index in [1.807, 2.05) is 30.3 Å². The maximum atomic E-state index is 12.7. The third-order valence-corrected chi connectivity index (χ3v) is 4.51. The Morgan fingerprint density at radius 3 is 2.12 bits per heavy atom. The van der Waals surface area contributed by atoms with Crippen molar-refractivity contribution < 1.29 is 24.3 Å². The van der Waals surface area contributed by atoms with Crippen molar-refractivity contribution in [3.05, 3.63) is 35.9 Å². The molecule has 0 radical (unpaired) electrons. The molecule has 3 unspecified atom stereocenters. The standard InChI is InChI=1S/C20H31N7O5/c21-13(11-12-5-2-1-3-6-12)17(29)26-14(7-4-10-25-20(23)24)18(30)27-15(19(31)32)8-9-16(22)28/h1-3,5-6,13-15H,4,7-11,21H2,(H2,22,28)(H,26,29)(H,27,30)(H,31,32)(H4,23,24,25). The van der Waals surface area contributed by atoms with Gasteiger partial charge in [0.25, 0.3) is 0 Å². The molecule has 0 heterocycles. The van der Waals surface area contributed by atoms with Gasteiger partial charge in [0.15, 0.2) is 5.96 Å². The summed E-state index contributed by atoms with van der Waals surface area (Å²) >= 11 is 0. The van der Waals surface area contributed by atoms with E-state index < -0.39 is 41.8 Å². The molecule has 12 heteroatoms. The second-order valence-electron chi connectivity index (χ2n) is 7.21. The van der Waals surface area contributed by atoms with E-state index in [1.54, 1.807) is 0 Å². The first-order valence-corrected chi connectivity index (χ1v) is 10.1. The molecule has 0 bridgehead atoms. The lowest BCUT2D eigenvalue weighted by Gasteiger charge is -2.23. The number of carbonyl (C=O) groups excluding carboxylic acids is 3. The molecule has 32 heavy (non-hydrogen) atoms. The average Bonchev–Trinajstić information content (AvgIpc) is 2.73. The molecule has 1 aromatic rings. The van der Waals surface area contributed by atoms with E-state index in [2.05, 4.69) is 15.6 Å². The molecule has 0 spiro atoms. The molecule has 3 atom stereocenters. The van der Waals surface area contributed by atoms with Crippen molar-refractivity contribution in [1.82, 2.24) is 10.6 Å². The molecule has 0 saturated carbocycles. The van der Waals surface area contributed by atoms with Crippen LogP contribution < -0.4 is 33.6 Å². The molecule has 0 fully saturated rings. The van der Waals surface area contributed by atoms with E-state index in [-0.39, 0.29) is 38.2 Å². The molecule has 176 valence electrons. The SMILES string of the molecule is NC(=O)CCC(NC(=O)C(CCCN=C(N)N)NC(=O)C(N)Cc1ccccc1)C(=O)O. The number of rotatable bonds is 14. The van der Waals surface area contributed by atoms with Gasteiger partial charge in [-0.3, -0.25) is 19.4 Å². The molecule has 1 rings (SSSR count). The van der Waals surface area contributed by atoms with Crippen LogP contribution in [0.5, 0.6) is 0 Å². The predicted molar refractivity (Wildman–Crippen MR) is 118 cm³/mol. The first kappa shape index (κ1) is 26.4. The number of hydrogen-bond acceptors (Lipinski definition) is 6. The highest BCUT2D eigenvalue weighted by atomic mass is 16.4. The van der Waals surface area contributed by atoms with Crippen LogP contribution in [0, 0.1) is 0 Å². The minimum atomic E-state index is -1.34. The molecule has 0 aromatic heterocycles. The number of carboxylic acids is 1. The number of nitrogens with one attached hydrogen (secondary N) is 2. The van der Waals surface area contributed by atoms with Crippen LogP contribution in [-0.4, -0.2) is 59.4 Å². The van der Waals surface area contributed by atoms with E-state index in [0.717, 1.165) is 5.56 Å². The van der Waals surface area contributed by atoms with Gasteiger partial charge in [-0.15, -0.1) is 0 Å². The van der Waals surface area contributed by atoms with Crippen LogP contribution in [0.3, 0.4) is 0 Å². The molecule has 11 N–H and O–H groups in total. The van der Waals surface area contributed by atoms with Gasteiger partial charge in [-0.2, -0.15) is 0 Å². The quantitative estimate of drug-likeness (QED) is 0.0945. The fourth-order valence-corrected chi connectivity index (χ4v) is 2.83. The van der Waals surface area contributed by atoms with Crippen LogP contribution in [0.15, 0.2) is 35.3 Å². The summed E-state index contributed by atoms with van der Waals surface area (Å²) in [6.07, 6.45) is 0.322. The number of nitrogens with zero attached hydrogens (tertiary/aromatic N) is 1. The molecular formula is C20H31N7O5. The van der Waals surface area contributed by atoms with Crippen LogP contribution in [0.2, 0.25) is 0 Å². The van der Waals surface area contributed by atoms with Gasteiger partial charge in [-0.25, -0.2) is 4.79 Å². The summed E-state index contributed by atoms with van der Waals surface area (Å²) in [6.45, 7) is 0.210. The van der Waals surface area contributed by atoms with Gasteiger partial charge < -0.3 is 38.7 Å². The number of hydrogen-bond donors (Lipinski definition) is 7. The lowest BCUT2D eigenvalue weighted by Crippen LogP contribution is -2.54. The largest absolute Gasteiger partial charge is 0.480 e. The number of amides is 3. The summed E-state index contributed by atoms with van der Waals surface area (Å²) in [5.74, 6) is -3.44. The molecule has 0 aliphatic heterocycles. The molecule has 0 aliphatic rings. The van der Waals surface area contributed by atoms with Crippen LogP contribution in [-0.2, 0) is 25.6 Å². The predicted octanol–water partition coefficient (Wildman–Crippen LogP) is -2.07. The van der Waals surface area contributed by atoms with Crippen molar-refractivity contribution in [2.24, 2.45) is 27.9 Å². The van der Waals surface area contributed by atoms with E-state index in [9.17, 15) is 24.3 Å². The van der Waals surface area contributed by atoms with Crippen molar-refractivity contribution in [2.75, 3.05) is 6.54 Å². The van der Waals surface area contributed by atoms with Gasteiger partial charge in [0.05, 0.1) is 6.04 Å². The van der Waals surface area contributed by atoms with Crippen molar-refractivity contribution in [3.63, 3.8) is 0 Å². The maximum Gasteiger partial charge on any atom is 0.326 e. The third kappa shape index (κ3) is 10.4. The first-order chi connectivity index (χ1) is 15.1. The molecular weight excluding hydrogens is 418 g/mol. The topological polar surface area (TPSA) is 229 Å². The van der Waals surface area contributed by atoms with E-state index in [1.165, 1.54) is 0 Å². The van der Waals surface area contributed by atoms with Crippen LogP contribution in [0.1, 0.15) is 31.2 Å². The van der Waals surface area contributed by atoms with E-state index >= 15 is 0 Å². The van der Waals surface area contributed by atoms with Gasteiger partial charge in [-0.1, -0.05) is 30.3 Å². The molecule has 12 nitrogen and oxygen atoms in total. The molecule has 0 saturated heterocycles. The Balaban J connectivity index is 2.83. The van der Waals surface area contributed by atoms with Gasteiger partial charge in [0, 0.05) is 13.0 Å². The summed E-state index contributed by atoms with van der Waals surface area (Å²) < 4.78 is 0. The second kappa shape index (κ2) is 13.6. The van der Waals surface area contributed by atoms with Gasteiger partial charge >= 0.3 is 5.97 Å². The normalized spacial score (nSPS) is 13.3. The highest BCUT2D eigenvalue weighted by Crippen LogP contribution is 2.06. The van der Waals surface area contributed by atoms with Crippen LogP contribution in [0.25, 0.3) is 0 Å². The van der Waals surface area contributed by atoms with Crippen molar-refractivity contribution in [1.29, 1.82) is 0 Å². The smallest absolute Gasteiger partial charge is 0.326 e. The Bertz CT molecular complexity index is 812. The highest BCUT2D eigenvalue weighted by molar-refractivity contribution is 5.92. The molecule has 1 aromatic carbocycles. The van der Waals surface area contributed by atoms with Gasteiger partial charge in [-0.05, 0) is 31.2 Å².